The fourth-order valence-corrected chi connectivity index (χ4v) is 2.51. The molecule has 0 aliphatic carbocycles. The molecule has 2 N–H and O–H groups in total. The van der Waals surface area contributed by atoms with E-state index in [9.17, 15) is 4.79 Å². The lowest BCUT2D eigenvalue weighted by molar-refractivity contribution is 0.0947. The van der Waals surface area contributed by atoms with E-state index in [1.165, 1.54) is 23.8 Å². The Balaban J connectivity index is 1.54. The summed E-state index contributed by atoms with van der Waals surface area (Å²) in [7, 11) is 0. The van der Waals surface area contributed by atoms with Crippen LogP contribution in [0.25, 0.3) is 5.69 Å². The van der Waals surface area contributed by atoms with E-state index >= 15 is 0 Å². The highest BCUT2D eigenvalue weighted by Crippen LogP contribution is 2.08. The molecule has 1 unspecified atom stereocenters. The van der Waals surface area contributed by atoms with Gasteiger partial charge in [-0.3, -0.25) is 4.79 Å². The molecule has 6 nitrogen and oxygen atoms in total. The van der Waals surface area contributed by atoms with Crippen molar-refractivity contribution in [1.82, 2.24) is 25.6 Å². The van der Waals surface area contributed by atoms with E-state index < -0.39 is 0 Å². The van der Waals surface area contributed by atoms with Crippen molar-refractivity contribution in [1.29, 1.82) is 0 Å². The zero-order chi connectivity index (χ0) is 14.5. The number of aromatic nitrogens is 3. The van der Waals surface area contributed by atoms with Crippen LogP contribution < -0.4 is 10.6 Å². The Morgan fingerprint density at radius 3 is 3.00 bits per heavy atom. The van der Waals surface area contributed by atoms with Crippen molar-refractivity contribution in [2.45, 2.75) is 25.3 Å². The molecule has 1 aromatic heterocycles. The zero-order valence-electron chi connectivity index (χ0n) is 11.8. The summed E-state index contributed by atoms with van der Waals surface area (Å²) >= 11 is 0. The molecule has 21 heavy (non-hydrogen) atoms. The quantitative estimate of drug-likeness (QED) is 0.864. The Morgan fingerprint density at radius 2 is 2.24 bits per heavy atom. The lowest BCUT2D eigenvalue weighted by Gasteiger charge is -2.09. The van der Waals surface area contributed by atoms with Crippen LogP contribution in [0.2, 0.25) is 0 Å². The van der Waals surface area contributed by atoms with E-state index in [1.807, 2.05) is 30.3 Å². The second kappa shape index (κ2) is 6.49. The highest BCUT2D eigenvalue weighted by Gasteiger charge is 2.15. The fourth-order valence-electron chi connectivity index (χ4n) is 2.51. The summed E-state index contributed by atoms with van der Waals surface area (Å²) in [6, 6.07) is 10.1. The lowest BCUT2D eigenvalue weighted by Crippen LogP contribution is -2.30. The van der Waals surface area contributed by atoms with Gasteiger partial charge in [-0.2, -0.15) is 9.90 Å². The van der Waals surface area contributed by atoms with Crippen LogP contribution in [-0.2, 0) is 0 Å². The second-order valence-corrected chi connectivity index (χ2v) is 5.19. The molecule has 1 amide bonds. The number of nitrogens with zero attached hydrogens (tertiary/aromatic N) is 3. The third-order valence-electron chi connectivity index (χ3n) is 3.65. The van der Waals surface area contributed by atoms with E-state index in [1.54, 1.807) is 0 Å². The smallest absolute Gasteiger partial charge is 0.273 e. The number of rotatable bonds is 5. The summed E-state index contributed by atoms with van der Waals surface area (Å²) in [5.41, 5.74) is 1.19. The van der Waals surface area contributed by atoms with Gasteiger partial charge in [-0.1, -0.05) is 18.2 Å². The largest absolute Gasteiger partial charge is 0.351 e. The third-order valence-corrected chi connectivity index (χ3v) is 3.65. The Bertz CT molecular complexity index is 589. The molecule has 1 aromatic carbocycles. The van der Waals surface area contributed by atoms with Gasteiger partial charge in [-0.05, 0) is 37.9 Å². The molecule has 6 heteroatoms. The molecular formula is C15H19N5O. The maximum Gasteiger partial charge on any atom is 0.273 e. The average molecular weight is 285 g/mol. The second-order valence-electron chi connectivity index (χ2n) is 5.19. The number of carbonyl (C=O) groups is 1. The van der Waals surface area contributed by atoms with Gasteiger partial charge in [0.25, 0.3) is 5.91 Å². The topological polar surface area (TPSA) is 71.8 Å². The zero-order valence-corrected chi connectivity index (χ0v) is 11.8. The highest BCUT2D eigenvalue weighted by atomic mass is 16.2. The molecule has 110 valence electrons. The molecule has 2 aromatic rings. The minimum atomic E-state index is -0.171. The molecule has 0 bridgehead atoms. The van der Waals surface area contributed by atoms with Crippen LogP contribution in [-0.4, -0.2) is 40.0 Å². The third kappa shape index (κ3) is 3.46. The van der Waals surface area contributed by atoms with Gasteiger partial charge < -0.3 is 10.6 Å². The number of nitrogens with one attached hydrogen (secondary N) is 2. The predicted octanol–water partition coefficient (Wildman–Crippen LogP) is 1.14. The Hall–Kier alpha value is -2.21. The summed E-state index contributed by atoms with van der Waals surface area (Å²) in [4.78, 5) is 13.5. The number of hydrogen-bond acceptors (Lipinski definition) is 4. The van der Waals surface area contributed by atoms with Gasteiger partial charge in [0.2, 0.25) is 0 Å². The van der Waals surface area contributed by atoms with Crippen molar-refractivity contribution in [3.05, 3.63) is 42.2 Å². The summed E-state index contributed by atoms with van der Waals surface area (Å²) in [6.45, 7) is 1.75. The SMILES string of the molecule is O=C(NCCC1CCCN1)c1cnn(-c2ccccc2)n1. The van der Waals surface area contributed by atoms with Gasteiger partial charge in [0.1, 0.15) is 0 Å². The van der Waals surface area contributed by atoms with Crippen LogP contribution in [0.4, 0.5) is 0 Å². The van der Waals surface area contributed by atoms with Crippen molar-refractivity contribution < 1.29 is 4.79 Å². The molecule has 3 rings (SSSR count). The lowest BCUT2D eigenvalue weighted by atomic mass is 10.1. The summed E-state index contributed by atoms with van der Waals surface area (Å²) in [5, 5.41) is 14.6. The normalized spacial score (nSPS) is 17.8. The van der Waals surface area contributed by atoms with Gasteiger partial charge in [0.05, 0.1) is 11.9 Å². The number of carbonyl (C=O) groups excluding carboxylic acids is 1. The first kappa shape index (κ1) is 13.8. The Morgan fingerprint density at radius 1 is 1.38 bits per heavy atom. The molecule has 0 spiro atoms. The van der Waals surface area contributed by atoms with Gasteiger partial charge in [-0.25, -0.2) is 0 Å². The van der Waals surface area contributed by atoms with Gasteiger partial charge in [0.15, 0.2) is 5.69 Å². The summed E-state index contributed by atoms with van der Waals surface area (Å²) in [5.74, 6) is -0.171. The number of benzene rings is 1. The molecular weight excluding hydrogens is 266 g/mol. The first-order valence-electron chi connectivity index (χ1n) is 7.32. The van der Waals surface area contributed by atoms with Crippen LogP contribution in [0.1, 0.15) is 29.8 Å². The first-order valence-corrected chi connectivity index (χ1v) is 7.32. The maximum absolute atomic E-state index is 12.0. The van der Waals surface area contributed by atoms with Crippen molar-refractivity contribution in [2.24, 2.45) is 0 Å². The van der Waals surface area contributed by atoms with Crippen LogP contribution >= 0.6 is 0 Å². The highest BCUT2D eigenvalue weighted by molar-refractivity contribution is 5.91. The van der Waals surface area contributed by atoms with Crippen LogP contribution in [0.5, 0.6) is 0 Å². The Labute approximate surface area is 123 Å². The maximum atomic E-state index is 12.0. The molecule has 1 aliphatic heterocycles. The van der Waals surface area contributed by atoms with Gasteiger partial charge in [-0.15, -0.1) is 5.10 Å². The molecule has 1 atom stereocenters. The summed E-state index contributed by atoms with van der Waals surface area (Å²) < 4.78 is 0. The molecule has 1 fully saturated rings. The molecule has 1 saturated heterocycles. The van der Waals surface area contributed by atoms with Crippen molar-refractivity contribution in [3.63, 3.8) is 0 Å². The van der Waals surface area contributed by atoms with E-state index in [0.29, 0.717) is 18.3 Å². The van der Waals surface area contributed by atoms with Gasteiger partial charge in [0, 0.05) is 12.6 Å². The minimum absolute atomic E-state index is 0.171. The van der Waals surface area contributed by atoms with Crippen LogP contribution in [0.15, 0.2) is 36.5 Å². The molecule has 0 radical (unpaired) electrons. The summed E-state index contributed by atoms with van der Waals surface area (Å²) in [6.07, 6.45) is 4.87. The van der Waals surface area contributed by atoms with E-state index in [0.717, 1.165) is 18.7 Å². The number of hydrogen-bond donors (Lipinski definition) is 2. The fraction of sp³-hybridized carbons (Fsp3) is 0.400. The van der Waals surface area contributed by atoms with E-state index in [-0.39, 0.29) is 5.91 Å². The molecule has 1 aliphatic rings. The monoisotopic (exact) mass is 285 g/mol. The van der Waals surface area contributed by atoms with E-state index in [2.05, 4.69) is 20.8 Å². The van der Waals surface area contributed by atoms with Crippen LogP contribution in [0.3, 0.4) is 0 Å². The van der Waals surface area contributed by atoms with Crippen molar-refractivity contribution in [2.75, 3.05) is 13.1 Å². The molecule has 0 saturated carbocycles. The van der Waals surface area contributed by atoms with Gasteiger partial charge >= 0.3 is 0 Å². The van der Waals surface area contributed by atoms with E-state index in [4.69, 9.17) is 0 Å². The minimum Gasteiger partial charge on any atom is -0.351 e. The number of amides is 1. The predicted molar refractivity (Wildman–Crippen MR) is 79.3 cm³/mol. The van der Waals surface area contributed by atoms with Crippen molar-refractivity contribution in [3.8, 4) is 5.69 Å². The average Bonchev–Trinajstić information content (AvgIpc) is 3.20. The Kier molecular flexibility index (Phi) is 4.25. The first-order chi connectivity index (χ1) is 10.3. The standard InChI is InChI=1S/C15H19N5O/c21-15(17-10-8-12-5-4-9-16-12)14-11-18-20(19-14)13-6-2-1-3-7-13/h1-3,6-7,11-12,16H,4-5,8-10H2,(H,17,21). The van der Waals surface area contributed by atoms with Crippen molar-refractivity contribution >= 4 is 5.91 Å². The molecule has 2 heterocycles. The van der Waals surface area contributed by atoms with Crippen LogP contribution in [0, 0.1) is 0 Å². The number of para-hydroxylation sites is 1.